The maximum atomic E-state index is 13.5. The SMILES string of the molecule is C=C(/C(C)=C(\C=C(/C)N(C)C)C(=O)N[C@@H](Cc1ccccc1)C(N)CF)N(C)CC1CC1C.C=C=O.CCC. The predicted molar refractivity (Wildman–Crippen MR) is 162 cm³/mol. The standard InChI is InChI=1S/C27H41FN4O.C3H8.C2H2O/c1-18-13-23(18)17-32(7)21(4)20(3)24(14-19(2)31(5)6)27(33)30-26(25(29)16-28)15-22-11-9-8-10-12-22;1-3-2;1-2-3/h8-12,14,18,23,25-26H,4,13,15-17,29H2,1-3,5-7H3,(H,30,33);3H2,1-2H3;1H2/b19-14+,24-20+;;/t18?,23?,25?,26-;;/m0../s1. The number of hydrogen-bond donors (Lipinski definition) is 2. The van der Waals surface area contributed by atoms with Crippen LogP contribution < -0.4 is 11.1 Å². The van der Waals surface area contributed by atoms with Gasteiger partial charge >= 0.3 is 0 Å². The molecule has 6 nitrogen and oxygen atoms in total. The van der Waals surface area contributed by atoms with E-state index in [2.05, 4.69) is 44.1 Å². The Balaban J connectivity index is 0.00000220. The summed E-state index contributed by atoms with van der Waals surface area (Å²) in [5, 5.41) is 3.01. The summed E-state index contributed by atoms with van der Waals surface area (Å²) in [7, 11) is 5.89. The Bertz CT molecular complexity index is 981. The molecule has 1 aliphatic rings. The number of benzene rings is 1. The van der Waals surface area contributed by atoms with Gasteiger partial charge in [0.05, 0.1) is 12.1 Å². The Labute approximate surface area is 236 Å². The number of nitrogens with two attached hydrogens (primary N) is 1. The summed E-state index contributed by atoms with van der Waals surface area (Å²) >= 11 is 0. The van der Waals surface area contributed by atoms with E-state index in [1.165, 1.54) is 18.8 Å². The molecule has 0 bridgehead atoms. The van der Waals surface area contributed by atoms with Crippen LogP contribution in [0.2, 0.25) is 0 Å². The molecular formula is C32H51FN4O2. The Morgan fingerprint density at radius 1 is 1.23 bits per heavy atom. The second kappa shape index (κ2) is 19.0. The molecule has 0 aliphatic heterocycles. The number of nitrogens with one attached hydrogen (secondary N) is 1. The first kappa shape index (κ1) is 35.9. The van der Waals surface area contributed by atoms with Gasteiger partial charge in [0.15, 0.2) is 0 Å². The molecule has 0 saturated heterocycles. The minimum atomic E-state index is -0.795. The van der Waals surface area contributed by atoms with Gasteiger partial charge in [-0.2, -0.15) is 0 Å². The van der Waals surface area contributed by atoms with E-state index < -0.39 is 18.8 Å². The summed E-state index contributed by atoms with van der Waals surface area (Å²) in [6, 6.07) is 8.37. The molecule has 0 heterocycles. The lowest BCUT2D eigenvalue weighted by Crippen LogP contribution is -2.50. The predicted octanol–water partition coefficient (Wildman–Crippen LogP) is 5.31. The summed E-state index contributed by atoms with van der Waals surface area (Å²) < 4.78 is 13.5. The molecule has 1 aromatic carbocycles. The van der Waals surface area contributed by atoms with E-state index in [-0.39, 0.29) is 5.91 Å². The fourth-order valence-corrected chi connectivity index (χ4v) is 3.77. The van der Waals surface area contributed by atoms with Gasteiger partial charge in [-0.15, -0.1) is 0 Å². The fourth-order valence-electron chi connectivity index (χ4n) is 3.77. The van der Waals surface area contributed by atoms with Gasteiger partial charge in [-0.05, 0) is 62.3 Å². The van der Waals surface area contributed by atoms with Gasteiger partial charge in [-0.25, -0.2) is 9.18 Å². The number of likely N-dealkylation sites (N-methyl/N-ethyl adjacent to an activating group) is 1. The first-order valence-electron chi connectivity index (χ1n) is 13.7. The van der Waals surface area contributed by atoms with Crippen molar-refractivity contribution in [3.63, 3.8) is 0 Å². The highest BCUT2D eigenvalue weighted by atomic mass is 19.1. The molecule has 1 aromatic rings. The number of halogens is 1. The lowest BCUT2D eigenvalue weighted by atomic mass is 9.98. The van der Waals surface area contributed by atoms with Crippen LogP contribution in [0.4, 0.5) is 4.39 Å². The van der Waals surface area contributed by atoms with Crippen molar-refractivity contribution in [3.8, 4) is 0 Å². The van der Waals surface area contributed by atoms with Crippen molar-refractivity contribution in [2.45, 2.75) is 66.0 Å². The van der Waals surface area contributed by atoms with Crippen molar-refractivity contribution in [2.75, 3.05) is 34.4 Å². The van der Waals surface area contributed by atoms with Crippen molar-refractivity contribution < 1.29 is 14.0 Å². The number of amides is 1. The molecule has 7 heteroatoms. The van der Waals surface area contributed by atoms with Gasteiger partial charge in [-0.1, -0.05) is 64.1 Å². The molecule has 0 spiro atoms. The van der Waals surface area contributed by atoms with E-state index in [4.69, 9.17) is 10.5 Å². The molecule has 2 rings (SSSR count). The third-order valence-electron chi connectivity index (χ3n) is 6.70. The lowest BCUT2D eigenvalue weighted by Gasteiger charge is -2.27. The van der Waals surface area contributed by atoms with E-state index >= 15 is 0 Å². The van der Waals surface area contributed by atoms with E-state index in [1.807, 2.05) is 76.3 Å². The van der Waals surface area contributed by atoms with E-state index in [1.54, 1.807) is 0 Å². The third-order valence-corrected chi connectivity index (χ3v) is 6.70. The molecular weight excluding hydrogens is 491 g/mol. The Morgan fingerprint density at radius 3 is 2.18 bits per heavy atom. The van der Waals surface area contributed by atoms with Crippen molar-refractivity contribution in [1.29, 1.82) is 0 Å². The summed E-state index contributed by atoms with van der Waals surface area (Å²) in [5.74, 6) is 2.39. The number of alkyl halides is 1. The van der Waals surface area contributed by atoms with Gasteiger partial charge in [0.2, 0.25) is 0 Å². The van der Waals surface area contributed by atoms with E-state index in [0.717, 1.165) is 35.0 Å². The third kappa shape index (κ3) is 13.5. The minimum Gasteiger partial charge on any atom is -0.381 e. The highest BCUT2D eigenvalue weighted by Gasteiger charge is 2.33. The second-order valence-corrected chi connectivity index (χ2v) is 10.5. The van der Waals surface area contributed by atoms with Crippen molar-refractivity contribution >= 4 is 11.8 Å². The van der Waals surface area contributed by atoms with Gasteiger partial charge in [0, 0.05) is 44.7 Å². The number of carbonyl (C=O) groups is 1. The summed E-state index contributed by atoms with van der Waals surface area (Å²) in [5.41, 5.74) is 10.1. The highest BCUT2D eigenvalue weighted by molar-refractivity contribution is 5.98. The number of allylic oxidation sites excluding steroid dienone is 2. The molecule has 0 radical (unpaired) electrons. The topological polar surface area (TPSA) is 78.7 Å². The molecule has 3 N–H and O–H groups in total. The van der Waals surface area contributed by atoms with Gasteiger partial charge < -0.3 is 20.9 Å². The van der Waals surface area contributed by atoms with Gasteiger partial charge in [0.25, 0.3) is 5.91 Å². The quantitative estimate of drug-likeness (QED) is 0.213. The number of hydrogen-bond acceptors (Lipinski definition) is 5. The number of nitrogens with zero attached hydrogens (tertiary/aromatic N) is 2. The zero-order valence-electron chi connectivity index (χ0n) is 25.4. The zero-order valence-corrected chi connectivity index (χ0v) is 25.4. The average Bonchev–Trinajstić information content (AvgIpc) is 3.60. The smallest absolute Gasteiger partial charge is 0.251 e. The molecule has 4 atom stereocenters. The summed E-state index contributed by atoms with van der Waals surface area (Å²) in [4.78, 5) is 26.2. The first-order chi connectivity index (χ1) is 18.4. The molecule has 0 aromatic heterocycles. The average molecular weight is 543 g/mol. The number of rotatable bonds is 12. The van der Waals surface area contributed by atoms with Crippen LogP contribution in [-0.4, -0.2) is 68.1 Å². The van der Waals surface area contributed by atoms with Crippen LogP contribution in [0.5, 0.6) is 0 Å². The molecule has 3 unspecified atom stereocenters. The summed E-state index contributed by atoms with van der Waals surface area (Å²) in [6.07, 6.45) is 4.81. The molecule has 1 aliphatic carbocycles. The van der Waals surface area contributed by atoms with Crippen LogP contribution in [-0.2, 0) is 16.0 Å². The number of carbonyl (C=O) groups excluding carboxylic acids is 2. The van der Waals surface area contributed by atoms with Crippen LogP contribution in [0.25, 0.3) is 0 Å². The molecule has 39 heavy (non-hydrogen) atoms. The normalized spacial score (nSPS) is 17.9. The molecule has 218 valence electrons. The maximum absolute atomic E-state index is 13.5. The van der Waals surface area contributed by atoms with Gasteiger partial charge in [0.1, 0.15) is 12.6 Å². The van der Waals surface area contributed by atoms with Crippen molar-refractivity contribution in [3.05, 3.63) is 77.7 Å². The minimum absolute atomic E-state index is 0.270. The maximum Gasteiger partial charge on any atom is 0.251 e. The lowest BCUT2D eigenvalue weighted by molar-refractivity contribution is -0.118. The van der Waals surface area contributed by atoms with E-state index in [0.29, 0.717) is 17.9 Å². The highest BCUT2D eigenvalue weighted by Crippen LogP contribution is 2.38. The molecule has 1 amide bonds. The molecule has 1 saturated carbocycles. The Kier molecular flexibility index (Phi) is 17.5. The van der Waals surface area contributed by atoms with Crippen LogP contribution in [0.1, 0.15) is 53.0 Å². The monoisotopic (exact) mass is 542 g/mol. The molecule has 1 fully saturated rings. The fraction of sp³-hybridized carbons (Fsp3) is 0.531. The first-order valence-corrected chi connectivity index (χ1v) is 13.7. The van der Waals surface area contributed by atoms with Crippen LogP contribution in [0.15, 0.2) is 72.1 Å². The van der Waals surface area contributed by atoms with Crippen LogP contribution in [0, 0.1) is 11.8 Å². The van der Waals surface area contributed by atoms with Crippen LogP contribution >= 0.6 is 0 Å². The van der Waals surface area contributed by atoms with Crippen molar-refractivity contribution in [1.82, 2.24) is 15.1 Å². The van der Waals surface area contributed by atoms with Crippen molar-refractivity contribution in [2.24, 2.45) is 17.6 Å². The largest absolute Gasteiger partial charge is 0.381 e. The van der Waals surface area contributed by atoms with E-state index in [9.17, 15) is 9.18 Å². The van der Waals surface area contributed by atoms with Gasteiger partial charge in [-0.3, -0.25) is 4.79 Å². The zero-order chi connectivity index (χ0) is 30.1. The second-order valence-electron chi connectivity index (χ2n) is 10.5. The summed E-state index contributed by atoms with van der Waals surface area (Å²) in [6.45, 7) is 17.5. The Morgan fingerprint density at radius 2 is 1.74 bits per heavy atom. The Hall–Kier alpha value is -3.15. The van der Waals surface area contributed by atoms with Crippen LogP contribution in [0.3, 0.4) is 0 Å².